The van der Waals surface area contributed by atoms with Crippen LogP contribution in [0.5, 0.6) is 0 Å². The van der Waals surface area contributed by atoms with Crippen LogP contribution in [0.15, 0.2) is 25.3 Å². The number of likely N-dealkylation sites (tertiary alicyclic amines) is 1. The van der Waals surface area contributed by atoms with Gasteiger partial charge in [-0.1, -0.05) is 48.9 Å². The van der Waals surface area contributed by atoms with Gasteiger partial charge in [-0.05, 0) is 64.2 Å². The summed E-state index contributed by atoms with van der Waals surface area (Å²) in [6, 6.07) is -0.859. The smallest absolute Gasteiger partial charge is 0.312 e. The molecule has 0 saturated carbocycles. The minimum atomic E-state index is -1.12. The number of aliphatic hydroxyl groups excluding tert-OH is 1. The van der Waals surface area contributed by atoms with Gasteiger partial charge in [-0.2, -0.15) is 0 Å². The summed E-state index contributed by atoms with van der Waals surface area (Å²) in [4.78, 5) is 45.6. The molecule has 40 heavy (non-hydrogen) atoms. The third-order valence-corrected chi connectivity index (χ3v) is 9.27. The number of rotatable bonds is 15. The molecule has 3 unspecified atom stereocenters. The van der Waals surface area contributed by atoms with Crippen molar-refractivity contribution in [3.8, 4) is 0 Å². The highest BCUT2D eigenvalue weighted by Gasteiger charge is 2.77. The molecule has 3 aliphatic heterocycles. The van der Waals surface area contributed by atoms with Gasteiger partial charge < -0.3 is 24.4 Å². The maximum absolute atomic E-state index is 14.7. The summed E-state index contributed by atoms with van der Waals surface area (Å²) in [6.45, 7) is 19.2. The van der Waals surface area contributed by atoms with Gasteiger partial charge in [0.1, 0.15) is 11.6 Å². The van der Waals surface area contributed by atoms with Crippen molar-refractivity contribution >= 4 is 33.7 Å². The molecule has 3 heterocycles. The van der Waals surface area contributed by atoms with Crippen molar-refractivity contribution in [2.24, 2.45) is 17.3 Å². The predicted molar refractivity (Wildman–Crippen MR) is 159 cm³/mol. The second-order valence-electron chi connectivity index (χ2n) is 13.4. The number of allylic oxidation sites excluding steroid dienone is 1. The zero-order valence-electron chi connectivity index (χ0n) is 25.0. The van der Waals surface area contributed by atoms with Crippen LogP contribution in [-0.2, 0) is 23.9 Å². The Hall–Kier alpha value is -1.71. The zero-order chi connectivity index (χ0) is 29.9. The maximum Gasteiger partial charge on any atom is 0.312 e. The Bertz CT molecular complexity index is 962. The van der Waals surface area contributed by atoms with Gasteiger partial charge in [0.25, 0.3) is 0 Å². The zero-order valence-corrected chi connectivity index (χ0v) is 26.6. The van der Waals surface area contributed by atoms with E-state index in [9.17, 15) is 19.5 Å². The number of carbonyl (C=O) groups excluding carboxylic acids is 3. The molecule has 0 radical (unpaired) electrons. The van der Waals surface area contributed by atoms with Crippen LogP contribution in [0.2, 0.25) is 0 Å². The molecular weight excluding hydrogens is 576 g/mol. The lowest BCUT2D eigenvalue weighted by atomic mass is 9.70. The van der Waals surface area contributed by atoms with Crippen molar-refractivity contribution < 1.29 is 29.0 Å². The molecule has 226 valence electrons. The Morgan fingerprint density at radius 3 is 2.48 bits per heavy atom. The second-order valence-corrected chi connectivity index (χ2v) is 14.5. The van der Waals surface area contributed by atoms with Crippen molar-refractivity contribution in [2.75, 3.05) is 26.3 Å². The molecule has 2 amide bonds. The topological polar surface area (TPSA) is 96.4 Å². The van der Waals surface area contributed by atoms with Crippen molar-refractivity contribution in [3.63, 3.8) is 0 Å². The molecule has 0 aliphatic carbocycles. The van der Waals surface area contributed by atoms with Gasteiger partial charge in [0.2, 0.25) is 11.8 Å². The van der Waals surface area contributed by atoms with E-state index in [1.807, 2.05) is 4.90 Å². The van der Waals surface area contributed by atoms with E-state index >= 15 is 0 Å². The van der Waals surface area contributed by atoms with E-state index in [4.69, 9.17) is 9.47 Å². The number of esters is 1. The molecule has 8 nitrogen and oxygen atoms in total. The van der Waals surface area contributed by atoms with Crippen molar-refractivity contribution in [3.05, 3.63) is 25.3 Å². The quantitative estimate of drug-likeness (QED) is 0.123. The fraction of sp³-hybridized carbons (Fsp3) is 0.774. The summed E-state index contributed by atoms with van der Waals surface area (Å²) in [5.74, 6) is -2.39. The van der Waals surface area contributed by atoms with Crippen LogP contribution in [0.4, 0.5) is 0 Å². The van der Waals surface area contributed by atoms with E-state index in [1.54, 1.807) is 17.1 Å². The average molecular weight is 626 g/mol. The third kappa shape index (κ3) is 6.51. The number of aliphatic hydroxyl groups is 1. The van der Waals surface area contributed by atoms with Crippen LogP contribution in [0.1, 0.15) is 79.6 Å². The number of carbonyl (C=O) groups is 3. The molecule has 0 aromatic heterocycles. The molecule has 0 aromatic carbocycles. The first-order valence-corrected chi connectivity index (χ1v) is 15.6. The fourth-order valence-electron chi connectivity index (χ4n) is 7.29. The summed E-state index contributed by atoms with van der Waals surface area (Å²) >= 11 is 3.72. The van der Waals surface area contributed by atoms with Crippen LogP contribution in [-0.4, -0.2) is 87.1 Å². The highest BCUT2D eigenvalue weighted by molar-refractivity contribution is 9.09. The average Bonchev–Trinajstić information content (AvgIpc) is 3.44. The summed E-state index contributed by atoms with van der Waals surface area (Å²) in [5, 5.41) is 9.28. The summed E-state index contributed by atoms with van der Waals surface area (Å²) in [7, 11) is 0. The highest BCUT2D eigenvalue weighted by Crippen LogP contribution is 2.60. The first-order valence-electron chi connectivity index (χ1n) is 14.7. The van der Waals surface area contributed by atoms with E-state index in [0.29, 0.717) is 38.8 Å². The number of amides is 2. The number of hydrogen-bond acceptors (Lipinski definition) is 6. The monoisotopic (exact) mass is 624 g/mol. The fourth-order valence-corrected chi connectivity index (χ4v) is 8.23. The summed E-state index contributed by atoms with van der Waals surface area (Å²) < 4.78 is 12.2. The molecule has 3 saturated heterocycles. The third-order valence-electron chi connectivity index (χ3n) is 8.42. The molecule has 3 aliphatic rings. The van der Waals surface area contributed by atoms with E-state index in [0.717, 1.165) is 19.3 Å². The summed E-state index contributed by atoms with van der Waals surface area (Å²) in [5.41, 5.74) is -1.67. The first kappa shape index (κ1) is 32.8. The number of fused-ring (bicyclic) bond motifs is 1. The lowest BCUT2D eigenvalue weighted by Crippen LogP contribution is -2.61. The SMILES string of the molecule is C=CCCCOC(=O)[C@H]1[C@@H]2OC3(CC2Br)C(C(=O)N(CC=C)C(C)(C)CC(C)(C)C)N(CCCCCO)C(=O)[C@H]13. The van der Waals surface area contributed by atoms with Gasteiger partial charge in [0.05, 0.1) is 24.5 Å². The van der Waals surface area contributed by atoms with Crippen molar-refractivity contribution in [2.45, 2.75) is 108 Å². The first-order chi connectivity index (χ1) is 18.8. The van der Waals surface area contributed by atoms with Crippen LogP contribution < -0.4 is 0 Å². The standard InChI is InChI=1S/C31H49BrN2O6/c1-8-10-14-18-39-28(38)22-23-26(36)33(16-12-11-13-17-35)25(31(23)19-21(32)24(22)40-31)27(37)34(15-9-2)30(6,7)20-29(3,4)5/h8-9,21-25,35H,1-2,10-20H2,3-7H3/t21?,22-,23+,24-,25?,31?/m1/s1. The van der Waals surface area contributed by atoms with E-state index in [-0.39, 0.29) is 35.3 Å². The lowest BCUT2D eigenvalue weighted by Gasteiger charge is -2.45. The van der Waals surface area contributed by atoms with E-state index in [2.05, 4.69) is 63.7 Å². The van der Waals surface area contributed by atoms with Crippen LogP contribution in [0.25, 0.3) is 0 Å². The van der Waals surface area contributed by atoms with Crippen LogP contribution in [0.3, 0.4) is 0 Å². The van der Waals surface area contributed by atoms with Gasteiger partial charge in [-0.15, -0.1) is 13.2 Å². The highest BCUT2D eigenvalue weighted by atomic mass is 79.9. The van der Waals surface area contributed by atoms with Crippen molar-refractivity contribution in [1.29, 1.82) is 0 Å². The second kappa shape index (κ2) is 13.1. The molecule has 9 heteroatoms. The maximum atomic E-state index is 14.7. The molecule has 0 aromatic rings. The molecule has 6 atom stereocenters. The predicted octanol–water partition coefficient (Wildman–Crippen LogP) is 4.64. The summed E-state index contributed by atoms with van der Waals surface area (Å²) in [6.07, 6.45) is 7.55. The van der Waals surface area contributed by atoms with E-state index < -0.39 is 41.1 Å². The normalized spacial score (nSPS) is 29.4. The molecule has 3 fully saturated rings. The molecule has 2 bridgehead atoms. The Morgan fingerprint density at radius 2 is 1.88 bits per heavy atom. The number of unbranched alkanes of at least 4 members (excludes halogenated alkanes) is 3. The minimum absolute atomic E-state index is 0.0385. The van der Waals surface area contributed by atoms with Gasteiger partial charge >= 0.3 is 5.97 Å². The molecule has 1 N–H and O–H groups in total. The van der Waals surface area contributed by atoms with Gasteiger partial charge in [-0.25, -0.2) is 0 Å². The number of hydrogen-bond donors (Lipinski definition) is 1. The van der Waals surface area contributed by atoms with Gasteiger partial charge in [0, 0.05) is 30.1 Å². The van der Waals surface area contributed by atoms with E-state index in [1.165, 1.54) is 0 Å². The molecular formula is C31H49BrN2O6. The molecule has 1 spiro atoms. The van der Waals surface area contributed by atoms with Crippen LogP contribution >= 0.6 is 15.9 Å². The Labute approximate surface area is 248 Å². The minimum Gasteiger partial charge on any atom is -0.465 e. The Balaban J connectivity index is 2.01. The Kier molecular flexibility index (Phi) is 10.7. The number of nitrogens with zero attached hydrogens (tertiary/aromatic N) is 2. The van der Waals surface area contributed by atoms with Crippen LogP contribution in [0, 0.1) is 17.3 Å². The number of halogens is 1. The van der Waals surface area contributed by atoms with Gasteiger partial charge in [0.15, 0.2) is 0 Å². The lowest BCUT2D eigenvalue weighted by molar-refractivity contribution is -0.156. The number of ether oxygens (including phenoxy) is 2. The van der Waals surface area contributed by atoms with Gasteiger partial charge in [-0.3, -0.25) is 14.4 Å². The number of alkyl halides is 1. The van der Waals surface area contributed by atoms with Crippen molar-refractivity contribution in [1.82, 2.24) is 9.80 Å². The Morgan fingerprint density at radius 1 is 1.18 bits per heavy atom. The largest absolute Gasteiger partial charge is 0.465 e. The molecule has 3 rings (SSSR count).